The van der Waals surface area contributed by atoms with Crippen LogP contribution in [-0.2, 0) is 4.79 Å². The van der Waals surface area contributed by atoms with E-state index in [1.807, 2.05) is 18.4 Å². The Morgan fingerprint density at radius 3 is 2.52 bits per heavy atom. The number of carboxylic acids is 1. The molecule has 1 saturated carbocycles. The molecule has 2 N–H and O–H groups in total. The molecule has 0 aromatic heterocycles. The summed E-state index contributed by atoms with van der Waals surface area (Å²) in [5.74, 6) is -0.817. The summed E-state index contributed by atoms with van der Waals surface area (Å²) in [6.07, 6.45) is 7.10. The van der Waals surface area contributed by atoms with Crippen molar-refractivity contribution in [3.8, 4) is 6.07 Å². The molecule has 21 heavy (non-hydrogen) atoms. The van der Waals surface area contributed by atoms with Crippen LogP contribution in [0.15, 0.2) is 23.1 Å². The number of benzene rings is 1. The Balaban J connectivity index is 2.38. The molecule has 1 aliphatic rings. The number of rotatable bonds is 4. The van der Waals surface area contributed by atoms with Crippen LogP contribution in [0.2, 0.25) is 0 Å². The number of nitriles is 1. The van der Waals surface area contributed by atoms with Crippen LogP contribution in [0.3, 0.4) is 0 Å². The van der Waals surface area contributed by atoms with Gasteiger partial charge in [0.15, 0.2) is 0 Å². The van der Waals surface area contributed by atoms with Crippen molar-refractivity contribution < 1.29 is 9.90 Å². The fourth-order valence-electron chi connectivity index (χ4n) is 2.90. The predicted molar refractivity (Wildman–Crippen MR) is 84.6 cm³/mol. The molecule has 0 bridgehead atoms. The van der Waals surface area contributed by atoms with Gasteiger partial charge in [-0.25, -0.2) is 4.79 Å². The zero-order valence-corrected chi connectivity index (χ0v) is 13.0. The molecule has 1 aromatic carbocycles. The van der Waals surface area contributed by atoms with E-state index in [0.717, 1.165) is 30.6 Å². The number of carboxylic acid groups (broad SMARTS) is 1. The highest BCUT2D eigenvalue weighted by Crippen LogP contribution is 2.34. The van der Waals surface area contributed by atoms with Gasteiger partial charge in [0, 0.05) is 4.90 Å². The van der Waals surface area contributed by atoms with E-state index in [9.17, 15) is 15.2 Å². The summed E-state index contributed by atoms with van der Waals surface area (Å²) < 4.78 is 0. The van der Waals surface area contributed by atoms with Gasteiger partial charge in [0.1, 0.15) is 11.6 Å². The Labute approximate surface area is 129 Å². The normalized spacial score (nSPS) is 17.5. The molecule has 1 aromatic rings. The van der Waals surface area contributed by atoms with Crippen LogP contribution in [0.25, 0.3) is 0 Å². The van der Waals surface area contributed by atoms with Crippen LogP contribution < -0.4 is 5.32 Å². The third-order valence-corrected chi connectivity index (χ3v) is 4.88. The third-order valence-electron chi connectivity index (χ3n) is 4.10. The second-order valence-corrected chi connectivity index (χ2v) is 6.27. The minimum Gasteiger partial charge on any atom is -0.480 e. The van der Waals surface area contributed by atoms with Crippen molar-refractivity contribution in [1.82, 2.24) is 0 Å². The lowest BCUT2D eigenvalue weighted by molar-refractivity contribution is -0.142. The Morgan fingerprint density at radius 2 is 2.00 bits per heavy atom. The largest absolute Gasteiger partial charge is 0.480 e. The first-order valence-corrected chi connectivity index (χ1v) is 8.44. The maximum absolute atomic E-state index is 11.8. The van der Waals surface area contributed by atoms with Crippen LogP contribution in [0.5, 0.6) is 0 Å². The molecule has 0 unspecified atom stereocenters. The summed E-state index contributed by atoms with van der Waals surface area (Å²) in [5, 5.41) is 22.3. The molecule has 0 atom stereocenters. The van der Waals surface area contributed by atoms with Gasteiger partial charge >= 0.3 is 5.97 Å². The quantitative estimate of drug-likeness (QED) is 0.652. The molecule has 2 rings (SSSR count). The standard InChI is InChI=1S/C16H20N2O2S/c1-21-14-8-6-7-13(12(14)11-17)18-16(15(19)20)9-4-2-3-5-10-16/h6-8,18H,2-5,9-10H2,1H3,(H,19,20). The van der Waals surface area contributed by atoms with Gasteiger partial charge in [-0.2, -0.15) is 5.26 Å². The van der Waals surface area contributed by atoms with Gasteiger partial charge in [0.05, 0.1) is 11.3 Å². The van der Waals surface area contributed by atoms with Crippen molar-refractivity contribution in [2.24, 2.45) is 0 Å². The summed E-state index contributed by atoms with van der Waals surface area (Å²) in [7, 11) is 0. The van der Waals surface area contributed by atoms with Gasteiger partial charge in [-0.1, -0.05) is 31.7 Å². The van der Waals surface area contributed by atoms with E-state index in [1.165, 1.54) is 11.8 Å². The molecule has 0 spiro atoms. The number of nitrogens with zero attached hydrogens (tertiary/aromatic N) is 1. The number of hydrogen-bond acceptors (Lipinski definition) is 4. The molecular weight excluding hydrogens is 284 g/mol. The van der Waals surface area contributed by atoms with Crippen molar-refractivity contribution >= 4 is 23.4 Å². The maximum atomic E-state index is 11.8. The van der Waals surface area contributed by atoms with Crippen molar-refractivity contribution in [1.29, 1.82) is 5.26 Å². The molecule has 1 aliphatic carbocycles. The minimum atomic E-state index is -0.945. The van der Waals surface area contributed by atoms with Crippen molar-refractivity contribution in [3.05, 3.63) is 23.8 Å². The summed E-state index contributed by atoms with van der Waals surface area (Å²) in [6, 6.07) is 7.75. The van der Waals surface area contributed by atoms with E-state index in [1.54, 1.807) is 6.07 Å². The van der Waals surface area contributed by atoms with Gasteiger partial charge in [-0.05, 0) is 31.2 Å². The lowest BCUT2D eigenvalue weighted by atomic mass is 9.89. The van der Waals surface area contributed by atoms with Gasteiger partial charge in [-0.15, -0.1) is 11.8 Å². The monoisotopic (exact) mass is 304 g/mol. The Kier molecular flexibility index (Phi) is 5.13. The Bertz CT molecular complexity index is 558. The maximum Gasteiger partial charge on any atom is 0.329 e. The van der Waals surface area contributed by atoms with Gasteiger partial charge in [0.2, 0.25) is 0 Å². The van der Waals surface area contributed by atoms with E-state index in [2.05, 4.69) is 11.4 Å². The van der Waals surface area contributed by atoms with E-state index in [4.69, 9.17) is 0 Å². The second-order valence-electron chi connectivity index (χ2n) is 5.42. The van der Waals surface area contributed by atoms with Crippen LogP contribution in [-0.4, -0.2) is 22.9 Å². The number of aliphatic carboxylic acids is 1. The van der Waals surface area contributed by atoms with E-state index in [0.29, 0.717) is 24.1 Å². The zero-order chi connectivity index (χ0) is 15.3. The van der Waals surface area contributed by atoms with E-state index >= 15 is 0 Å². The topological polar surface area (TPSA) is 73.1 Å². The van der Waals surface area contributed by atoms with Gasteiger partial charge in [0.25, 0.3) is 0 Å². The molecular formula is C16H20N2O2S. The van der Waals surface area contributed by atoms with Crippen LogP contribution in [0.1, 0.15) is 44.1 Å². The molecule has 4 nitrogen and oxygen atoms in total. The fourth-order valence-corrected chi connectivity index (χ4v) is 3.48. The highest BCUT2D eigenvalue weighted by Gasteiger charge is 2.39. The number of anilines is 1. The average molecular weight is 304 g/mol. The lowest BCUT2D eigenvalue weighted by Gasteiger charge is -2.31. The van der Waals surface area contributed by atoms with E-state index in [-0.39, 0.29) is 0 Å². The van der Waals surface area contributed by atoms with Crippen LogP contribution in [0, 0.1) is 11.3 Å². The van der Waals surface area contributed by atoms with E-state index < -0.39 is 11.5 Å². The Morgan fingerprint density at radius 1 is 1.33 bits per heavy atom. The first-order chi connectivity index (χ1) is 10.1. The average Bonchev–Trinajstić information content (AvgIpc) is 2.73. The smallest absolute Gasteiger partial charge is 0.329 e. The first kappa shape index (κ1) is 15.7. The summed E-state index contributed by atoms with van der Waals surface area (Å²) >= 11 is 1.50. The van der Waals surface area contributed by atoms with Crippen molar-refractivity contribution in [3.63, 3.8) is 0 Å². The molecule has 0 amide bonds. The summed E-state index contributed by atoms with van der Waals surface area (Å²) in [4.78, 5) is 12.7. The predicted octanol–water partition coefficient (Wildman–Crippen LogP) is 3.87. The first-order valence-electron chi connectivity index (χ1n) is 7.21. The third kappa shape index (κ3) is 3.33. The molecule has 5 heteroatoms. The Hall–Kier alpha value is -1.67. The highest BCUT2D eigenvalue weighted by atomic mass is 32.2. The van der Waals surface area contributed by atoms with Crippen LogP contribution >= 0.6 is 11.8 Å². The lowest BCUT2D eigenvalue weighted by Crippen LogP contribution is -2.46. The number of carbonyl (C=O) groups is 1. The van der Waals surface area contributed by atoms with Crippen LogP contribution in [0.4, 0.5) is 5.69 Å². The number of nitrogens with one attached hydrogen (secondary N) is 1. The second kappa shape index (κ2) is 6.86. The number of hydrogen-bond donors (Lipinski definition) is 2. The minimum absolute atomic E-state index is 0.537. The number of thioether (sulfide) groups is 1. The van der Waals surface area contributed by atoms with Crippen molar-refractivity contribution in [2.45, 2.75) is 49.0 Å². The highest BCUT2D eigenvalue weighted by molar-refractivity contribution is 7.98. The SMILES string of the molecule is CSc1cccc(NC2(C(=O)O)CCCCCC2)c1C#N. The summed E-state index contributed by atoms with van der Waals surface area (Å²) in [6.45, 7) is 0. The molecule has 0 radical (unpaired) electrons. The summed E-state index contributed by atoms with van der Waals surface area (Å²) in [5.41, 5.74) is 0.225. The fraction of sp³-hybridized carbons (Fsp3) is 0.500. The zero-order valence-electron chi connectivity index (χ0n) is 12.2. The van der Waals surface area contributed by atoms with Gasteiger partial charge < -0.3 is 10.4 Å². The van der Waals surface area contributed by atoms with Crippen molar-refractivity contribution in [2.75, 3.05) is 11.6 Å². The molecule has 0 saturated heterocycles. The van der Waals surface area contributed by atoms with Gasteiger partial charge in [-0.3, -0.25) is 0 Å². The molecule has 112 valence electrons. The molecule has 0 heterocycles. The molecule has 0 aliphatic heterocycles. The molecule has 1 fully saturated rings.